The highest BCUT2D eigenvalue weighted by Gasteiger charge is 2.07. The Bertz CT molecular complexity index is 358. The number of carbonyl (C=O) groups is 1. The summed E-state index contributed by atoms with van der Waals surface area (Å²) in [7, 11) is 0. The molecule has 0 radical (unpaired) electrons. The first-order valence-electron chi connectivity index (χ1n) is 5.64. The van der Waals surface area contributed by atoms with E-state index in [2.05, 4.69) is 10.3 Å². The van der Waals surface area contributed by atoms with Crippen LogP contribution in [0.1, 0.15) is 22.5 Å². The van der Waals surface area contributed by atoms with E-state index in [1.165, 1.54) is 0 Å². The van der Waals surface area contributed by atoms with Gasteiger partial charge in [-0.3, -0.25) is 9.78 Å². The average molecular weight is 254 g/mol. The van der Waals surface area contributed by atoms with Gasteiger partial charge in [-0.2, -0.15) is 11.8 Å². The molecule has 0 saturated heterocycles. The van der Waals surface area contributed by atoms with Gasteiger partial charge in [-0.15, -0.1) is 0 Å². The van der Waals surface area contributed by atoms with Crippen LogP contribution in [-0.4, -0.2) is 40.7 Å². The fourth-order valence-electron chi connectivity index (χ4n) is 1.32. The highest BCUT2D eigenvalue weighted by atomic mass is 32.2. The molecule has 0 bridgehead atoms. The van der Waals surface area contributed by atoms with E-state index in [1.54, 1.807) is 30.1 Å². The van der Waals surface area contributed by atoms with Crippen molar-refractivity contribution in [2.24, 2.45) is 0 Å². The first-order chi connectivity index (χ1) is 8.25. The number of nitrogens with zero attached hydrogens (tertiary/aromatic N) is 1. The Labute approximate surface area is 106 Å². The molecule has 1 heterocycles. The van der Waals surface area contributed by atoms with Crippen LogP contribution in [0.25, 0.3) is 0 Å². The number of carbonyl (C=O) groups excluding carboxylic acids is 1. The maximum atomic E-state index is 11.8. The fourth-order valence-corrected chi connectivity index (χ4v) is 2.11. The SMILES string of the molecule is Cc1ncccc1C(=O)NCCSCCCO. The molecule has 1 aromatic heterocycles. The van der Waals surface area contributed by atoms with E-state index in [9.17, 15) is 4.79 Å². The van der Waals surface area contributed by atoms with Crippen LogP contribution < -0.4 is 5.32 Å². The number of thioether (sulfide) groups is 1. The average Bonchev–Trinajstić information content (AvgIpc) is 2.34. The number of aromatic nitrogens is 1. The van der Waals surface area contributed by atoms with Gasteiger partial charge >= 0.3 is 0 Å². The monoisotopic (exact) mass is 254 g/mol. The number of aliphatic hydroxyl groups excluding tert-OH is 1. The van der Waals surface area contributed by atoms with Crippen LogP contribution in [0, 0.1) is 6.92 Å². The molecule has 0 aromatic carbocycles. The van der Waals surface area contributed by atoms with Crippen LogP contribution in [0.5, 0.6) is 0 Å². The second-order valence-electron chi connectivity index (χ2n) is 3.58. The molecule has 5 heteroatoms. The Morgan fingerprint density at radius 1 is 1.53 bits per heavy atom. The zero-order chi connectivity index (χ0) is 12.5. The number of aliphatic hydroxyl groups is 1. The Morgan fingerprint density at radius 3 is 3.06 bits per heavy atom. The number of aryl methyl sites for hydroxylation is 1. The standard InChI is InChI=1S/C12H18N2O2S/c1-10-11(4-2-5-13-10)12(16)14-6-9-17-8-3-7-15/h2,4-5,15H,3,6-9H2,1H3,(H,14,16). The zero-order valence-electron chi connectivity index (χ0n) is 9.98. The van der Waals surface area contributed by atoms with E-state index in [0.29, 0.717) is 12.1 Å². The second-order valence-corrected chi connectivity index (χ2v) is 4.81. The van der Waals surface area contributed by atoms with Crippen LogP contribution in [-0.2, 0) is 0 Å². The van der Waals surface area contributed by atoms with Crippen molar-refractivity contribution in [1.29, 1.82) is 0 Å². The molecule has 1 amide bonds. The zero-order valence-corrected chi connectivity index (χ0v) is 10.8. The van der Waals surface area contributed by atoms with Crippen molar-refractivity contribution < 1.29 is 9.90 Å². The molecule has 0 saturated carbocycles. The van der Waals surface area contributed by atoms with Crippen molar-refractivity contribution in [2.75, 3.05) is 24.7 Å². The quantitative estimate of drug-likeness (QED) is 0.719. The van der Waals surface area contributed by atoms with Gasteiger partial charge in [0.1, 0.15) is 0 Å². The summed E-state index contributed by atoms with van der Waals surface area (Å²) < 4.78 is 0. The lowest BCUT2D eigenvalue weighted by atomic mass is 10.2. The van der Waals surface area contributed by atoms with Gasteiger partial charge in [0.2, 0.25) is 0 Å². The summed E-state index contributed by atoms with van der Waals surface area (Å²) in [6.07, 6.45) is 2.48. The number of nitrogens with one attached hydrogen (secondary N) is 1. The summed E-state index contributed by atoms with van der Waals surface area (Å²) in [5.41, 5.74) is 1.38. The smallest absolute Gasteiger partial charge is 0.253 e. The van der Waals surface area contributed by atoms with Gasteiger partial charge in [0.25, 0.3) is 5.91 Å². The van der Waals surface area contributed by atoms with E-state index in [0.717, 1.165) is 23.6 Å². The molecule has 94 valence electrons. The molecule has 0 spiro atoms. The first kappa shape index (κ1) is 14.0. The highest BCUT2D eigenvalue weighted by Crippen LogP contribution is 2.04. The molecule has 0 fully saturated rings. The van der Waals surface area contributed by atoms with Crippen LogP contribution >= 0.6 is 11.8 Å². The van der Waals surface area contributed by atoms with Crippen molar-refractivity contribution in [2.45, 2.75) is 13.3 Å². The molecule has 2 N–H and O–H groups in total. The van der Waals surface area contributed by atoms with Gasteiger partial charge in [0.05, 0.1) is 5.56 Å². The number of rotatable bonds is 7. The number of hydrogen-bond donors (Lipinski definition) is 2. The van der Waals surface area contributed by atoms with Crippen molar-refractivity contribution >= 4 is 17.7 Å². The van der Waals surface area contributed by atoms with Gasteiger partial charge in [-0.05, 0) is 31.2 Å². The van der Waals surface area contributed by atoms with E-state index in [-0.39, 0.29) is 12.5 Å². The molecule has 0 aliphatic rings. The molecule has 0 atom stereocenters. The predicted molar refractivity (Wildman–Crippen MR) is 70.3 cm³/mol. The van der Waals surface area contributed by atoms with Crippen molar-refractivity contribution in [3.63, 3.8) is 0 Å². The van der Waals surface area contributed by atoms with Crippen LogP contribution in [0.4, 0.5) is 0 Å². The summed E-state index contributed by atoms with van der Waals surface area (Å²) in [4.78, 5) is 15.8. The largest absolute Gasteiger partial charge is 0.396 e. The van der Waals surface area contributed by atoms with E-state index >= 15 is 0 Å². The highest BCUT2D eigenvalue weighted by molar-refractivity contribution is 7.99. The second kappa shape index (κ2) is 8.08. The minimum atomic E-state index is -0.0710. The Morgan fingerprint density at radius 2 is 2.35 bits per heavy atom. The molecule has 17 heavy (non-hydrogen) atoms. The summed E-state index contributed by atoms with van der Waals surface area (Å²) in [6.45, 7) is 2.70. The Hall–Kier alpha value is -1.07. The van der Waals surface area contributed by atoms with E-state index in [1.807, 2.05) is 6.92 Å². The third-order valence-corrected chi connectivity index (χ3v) is 3.30. The maximum absolute atomic E-state index is 11.8. The third kappa shape index (κ3) is 5.19. The number of amides is 1. The lowest BCUT2D eigenvalue weighted by Crippen LogP contribution is -2.26. The Balaban J connectivity index is 2.24. The summed E-state index contributed by atoms with van der Waals surface area (Å²) in [5, 5.41) is 11.5. The van der Waals surface area contributed by atoms with Gasteiger partial charge in [-0.1, -0.05) is 0 Å². The minimum absolute atomic E-state index is 0.0710. The maximum Gasteiger partial charge on any atom is 0.253 e. The normalized spacial score (nSPS) is 10.2. The van der Waals surface area contributed by atoms with Crippen LogP contribution in [0.2, 0.25) is 0 Å². The van der Waals surface area contributed by atoms with Gasteiger partial charge in [0.15, 0.2) is 0 Å². The Kier molecular flexibility index (Phi) is 6.65. The summed E-state index contributed by atoms with van der Waals surface area (Å²) >= 11 is 1.73. The topological polar surface area (TPSA) is 62.2 Å². The van der Waals surface area contributed by atoms with Gasteiger partial charge in [-0.25, -0.2) is 0 Å². The number of pyridine rings is 1. The van der Waals surface area contributed by atoms with E-state index in [4.69, 9.17) is 5.11 Å². The van der Waals surface area contributed by atoms with Crippen LogP contribution in [0.3, 0.4) is 0 Å². The van der Waals surface area contributed by atoms with Crippen molar-refractivity contribution in [1.82, 2.24) is 10.3 Å². The third-order valence-electron chi connectivity index (χ3n) is 2.23. The summed E-state index contributed by atoms with van der Waals surface area (Å²) in [6, 6.07) is 3.54. The lowest BCUT2D eigenvalue weighted by Gasteiger charge is -2.06. The first-order valence-corrected chi connectivity index (χ1v) is 6.79. The molecule has 0 aliphatic carbocycles. The van der Waals surface area contributed by atoms with Crippen molar-refractivity contribution in [3.05, 3.63) is 29.6 Å². The molecule has 4 nitrogen and oxygen atoms in total. The lowest BCUT2D eigenvalue weighted by molar-refractivity contribution is 0.0955. The van der Waals surface area contributed by atoms with Crippen LogP contribution in [0.15, 0.2) is 18.3 Å². The molecule has 1 aromatic rings. The molecular formula is C12H18N2O2S. The fraction of sp³-hybridized carbons (Fsp3) is 0.500. The van der Waals surface area contributed by atoms with Gasteiger partial charge in [0, 0.05) is 30.8 Å². The van der Waals surface area contributed by atoms with Gasteiger partial charge < -0.3 is 10.4 Å². The van der Waals surface area contributed by atoms with E-state index < -0.39 is 0 Å². The summed E-state index contributed by atoms with van der Waals surface area (Å²) in [5.74, 6) is 1.72. The molecule has 0 unspecified atom stereocenters. The van der Waals surface area contributed by atoms with Crippen molar-refractivity contribution in [3.8, 4) is 0 Å². The predicted octanol–water partition coefficient (Wildman–Crippen LogP) is 1.24. The number of hydrogen-bond acceptors (Lipinski definition) is 4. The molecule has 1 rings (SSSR count). The minimum Gasteiger partial charge on any atom is -0.396 e. The molecular weight excluding hydrogens is 236 g/mol. The molecule has 0 aliphatic heterocycles.